The van der Waals surface area contributed by atoms with Gasteiger partial charge in [0.15, 0.2) is 12.4 Å². The zero-order valence-corrected chi connectivity index (χ0v) is 12.1. The summed E-state index contributed by atoms with van der Waals surface area (Å²) in [6, 6.07) is 0. The largest absolute Gasteiger partial charge is 0.459 e. The predicted octanol–water partition coefficient (Wildman–Crippen LogP) is 2.41. The van der Waals surface area contributed by atoms with E-state index in [1.165, 1.54) is 6.92 Å². The van der Waals surface area contributed by atoms with Crippen molar-refractivity contribution in [3.8, 4) is 0 Å². The molecule has 0 bridgehead atoms. The Morgan fingerprint density at radius 2 is 1.86 bits per heavy atom. The van der Waals surface area contributed by atoms with Crippen molar-refractivity contribution in [1.82, 2.24) is 0 Å². The van der Waals surface area contributed by atoms with Crippen molar-refractivity contribution in [1.29, 1.82) is 0 Å². The highest BCUT2D eigenvalue weighted by Crippen LogP contribution is 2.53. The highest BCUT2D eigenvalue weighted by Gasteiger charge is 2.80. The van der Waals surface area contributed by atoms with Crippen molar-refractivity contribution < 1.29 is 45.7 Å². The van der Waals surface area contributed by atoms with Crippen LogP contribution in [0, 0.1) is 0 Å². The molecule has 1 fully saturated rings. The van der Waals surface area contributed by atoms with Crippen LogP contribution in [0.1, 0.15) is 13.8 Å². The van der Waals surface area contributed by atoms with Crippen LogP contribution in [0.15, 0.2) is 12.2 Å². The Morgan fingerprint density at radius 1 is 1.32 bits per heavy atom. The molecule has 1 heterocycles. The highest BCUT2D eigenvalue weighted by atomic mass is 19.4. The second-order valence-corrected chi connectivity index (χ2v) is 4.89. The number of carbonyl (C=O) groups excluding carboxylic acids is 1. The molecule has 2 atom stereocenters. The molecule has 5 nitrogen and oxygen atoms in total. The minimum Gasteiger partial charge on any atom is -0.459 e. The summed E-state index contributed by atoms with van der Waals surface area (Å²) in [7, 11) is 0.438. The fourth-order valence-electron chi connectivity index (χ4n) is 1.79. The Hall–Kier alpha value is -1.26. The van der Waals surface area contributed by atoms with Crippen LogP contribution < -0.4 is 0 Å². The number of esters is 1. The summed E-state index contributed by atoms with van der Waals surface area (Å²) in [6.45, 7) is 2.89. The van der Waals surface area contributed by atoms with E-state index < -0.39 is 42.9 Å². The number of carbonyl (C=O) groups is 1. The minimum absolute atomic E-state index is 0.104. The van der Waals surface area contributed by atoms with E-state index in [-0.39, 0.29) is 5.57 Å². The first-order chi connectivity index (χ1) is 9.84. The SMILES string of the molecule is C=C(C)C(=O)OCC1(C)OCOC(OC)(C(F)(F)F)C1(F)F. The second-order valence-electron chi connectivity index (χ2n) is 4.89. The van der Waals surface area contributed by atoms with Crippen molar-refractivity contribution in [2.75, 3.05) is 20.5 Å². The molecule has 0 aliphatic carbocycles. The molecule has 0 saturated carbocycles. The van der Waals surface area contributed by atoms with Crippen molar-refractivity contribution in [2.24, 2.45) is 0 Å². The van der Waals surface area contributed by atoms with Gasteiger partial charge in [-0.15, -0.1) is 0 Å². The number of rotatable bonds is 4. The zero-order chi connectivity index (χ0) is 17.4. The molecule has 10 heteroatoms. The molecule has 0 radical (unpaired) electrons. The smallest absolute Gasteiger partial charge is 0.450 e. The Balaban J connectivity index is 3.16. The first-order valence-corrected chi connectivity index (χ1v) is 5.95. The summed E-state index contributed by atoms with van der Waals surface area (Å²) in [5.74, 6) is -9.94. The van der Waals surface area contributed by atoms with Gasteiger partial charge in [-0.05, 0) is 13.8 Å². The van der Waals surface area contributed by atoms with Crippen molar-refractivity contribution in [3.63, 3.8) is 0 Å². The average Bonchev–Trinajstić information content (AvgIpc) is 2.37. The first-order valence-electron chi connectivity index (χ1n) is 5.95. The van der Waals surface area contributed by atoms with Crippen LogP contribution >= 0.6 is 0 Å². The molecule has 22 heavy (non-hydrogen) atoms. The van der Waals surface area contributed by atoms with E-state index in [2.05, 4.69) is 25.5 Å². The molecule has 1 rings (SSSR count). The van der Waals surface area contributed by atoms with Gasteiger partial charge < -0.3 is 18.9 Å². The van der Waals surface area contributed by atoms with Crippen LogP contribution in [0.25, 0.3) is 0 Å². The summed E-state index contributed by atoms with van der Waals surface area (Å²) in [4.78, 5) is 11.3. The molecule has 1 aliphatic heterocycles. The summed E-state index contributed by atoms with van der Waals surface area (Å²) in [6.07, 6.45) is -5.55. The van der Waals surface area contributed by atoms with Gasteiger partial charge in [-0.3, -0.25) is 0 Å². The van der Waals surface area contributed by atoms with Crippen LogP contribution in [0.4, 0.5) is 22.0 Å². The van der Waals surface area contributed by atoms with Crippen molar-refractivity contribution >= 4 is 5.97 Å². The van der Waals surface area contributed by atoms with E-state index in [4.69, 9.17) is 0 Å². The summed E-state index contributed by atoms with van der Waals surface area (Å²) >= 11 is 0. The Morgan fingerprint density at radius 3 is 2.27 bits per heavy atom. The maximum absolute atomic E-state index is 14.4. The molecule has 1 saturated heterocycles. The topological polar surface area (TPSA) is 54.0 Å². The number of alkyl halides is 5. The van der Waals surface area contributed by atoms with Crippen molar-refractivity contribution in [2.45, 2.75) is 37.3 Å². The third-order valence-electron chi connectivity index (χ3n) is 3.21. The highest BCUT2D eigenvalue weighted by molar-refractivity contribution is 5.86. The Kier molecular flexibility index (Phi) is 4.91. The van der Waals surface area contributed by atoms with Crippen LogP contribution in [-0.4, -0.2) is 50.0 Å². The number of hydrogen-bond donors (Lipinski definition) is 0. The average molecular weight is 334 g/mol. The van der Waals surface area contributed by atoms with E-state index in [0.29, 0.717) is 14.0 Å². The molecule has 0 aromatic rings. The molecule has 0 aromatic carbocycles. The van der Waals surface area contributed by atoms with Crippen LogP contribution in [0.5, 0.6) is 0 Å². The maximum atomic E-state index is 14.4. The predicted molar refractivity (Wildman–Crippen MR) is 62.0 cm³/mol. The molecule has 0 spiro atoms. The van der Waals surface area contributed by atoms with Gasteiger partial charge in [0.25, 0.3) is 0 Å². The third-order valence-corrected chi connectivity index (χ3v) is 3.21. The maximum Gasteiger partial charge on any atom is 0.450 e. The van der Waals surface area contributed by atoms with Gasteiger partial charge in [-0.1, -0.05) is 6.58 Å². The van der Waals surface area contributed by atoms with Crippen LogP contribution in [0.2, 0.25) is 0 Å². The lowest BCUT2D eigenvalue weighted by Crippen LogP contribution is -2.74. The Labute approximate surface area is 123 Å². The fourth-order valence-corrected chi connectivity index (χ4v) is 1.79. The van der Waals surface area contributed by atoms with Gasteiger partial charge in [0.1, 0.15) is 6.61 Å². The number of halogens is 5. The van der Waals surface area contributed by atoms with E-state index in [1.807, 2.05) is 0 Å². The number of ether oxygens (including phenoxy) is 4. The molecule has 128 valence electrons. The van der Waals surface area contributed by atoms with Gasteiger partial charge in [-0.2, -0.15) is 22.0 Å². The second kappa shape index (κ2) is 5.74. The zero-order valence-electron chi connectivity index (χ0n) is 12.1. The van der Waals surface area contributed by atoms with Crippen LogP contribution in [-0.2, 0) is 23.7 Å². The molecule has 0 N–H and O–H groups in total. The molecule has 0 aromatic heterocycles. The molecule has 1 aliphatic rings. The third kappa shape index (κ3) is 2.70. The number of methoxy groups -OCH3 is 1. The minimum atomic E-state index is -5.55. The number of hydrogen-bond acceptors (Lipinski definition) is 5. The lowest BCUT2D eigenvalue weighted by molar-refractivity contribution is -0.506. The summed E-state index contributed by atoms with van der Waals surface area (Å²) in [5.41, 5.74) is -2.91. The van der Waals surface area contributed by atoms with Crippen LogP contribution in [0.3, 0.4) is 0 Å². The molecular weight excluding hydrogens is 319 g/mol. The van der Waals surface area contributed by atoms with E-state index in [9.17, 15) is 26.7 Å². The normalized spacial score (nSPS) is 31.6. The van der Waals surface area contributed by atoms with E-state index in [1.54, 1.807) is 0 Å². The van der Waals surface area contributed by atoms with E-state index in [0.717, 1.165) is 0 Å². The lowest BCUT2D eigenvalue weighted by atomic mass is 9.89. The van der Waals surface area contributed by atoms with Crippen molar-refractivity contribution in [3.05, 3.63) is 12.2 Å². The fraction of sp³-hybridized carbons (Fsp3) is 0.750. The van der Waals surface area contributed by atoms with Gasteiger partial charge >= 0.3 is 23.9 Å². The quantitative estimate of drug-likeness (QED) is 0.449. The first kappa shape index (κ1) is 18.8. The van der Waals surface area contributed by atoms with Gasteiger partial charge in [0.05, 0.1) is 0 Å². The molecule has 0 amide bonds. The van der Waals surface area contributed by atoms with E-state index >= 15 is 0 Å². The summed E-state index contributed by atoms with van der Waals surface area (Å²) in [5, 5.41) is 0. The molecule has 2 unspecified atom stereocenters. The Bertz CT molecular complexity index is 463. The summed E-state index contributed by atoms with van der Waals surface area (Å²) < 4.78 is 85.1. The molecular formula is C12H15F5O5. The monoisotopic (exact) mass is 334 g/mol. The lowest BCUT2D eigenvalue weighted by Gasteiger charge is -2.50. The van der Waals surface area contributed by atoms with Gasteiger partial charge in [0, 0.05) is 12.7 Å². The standard InChI is InChI=1S/C12H15F5O5/c1-7(2)8(18)20-5-9(3)10(13,14)11(19-4,12(15,16)17)22-6-21-9/h1,5-6H2,2-4H3. The van der Waals surface area contributed by atoms with Gasteiger partial charge in [-0.25, -0.2) is 4.79 Å². The van der Waals surface area contributed by atoms with Gasteiger partial charge in [0.2, 0.25) is 0 Å².